The summed E-state index contributed by atoms with van der Waals surface area (Å²) in [5.41, 5.74) is 1.38. The Balaban J connectivity index is 1.59. The van der Waals surface area contributed by atoms with Gasteiger partial charge in [0.15, 0.2) is 0 Å². The van der Waals surface area contributed by atoms with Crippen LogP contribution in [0.3, 0.4) is 0 Å². The molecule has 1 amide bonds. The maximum absolute atomic E-state index is 12.6. The number of hydrogen-bond acceptors (Lipinski definition) is 3. The molecule has 2 aromatic carbocycles. The van der Waals surface area contributed by atoms with Crippen LogP contribution in [0.2, 0.25) is 0 Å². The van der Waals surface area contributed by atoms with Gasteiger partial charge in [-0.1, -0.05) is 43.3 Å². The van der Waals surface area contributed by atoms with Gasteiger partial charge in [0.25, 0.3) is 5.56 Å². The van der Waals surface area contributed by atoms with Crippen molar-refractivity contribution in [2.24, 2.45) is 5.92 Å². The highest BCUT2D eigenvalue weighted by Gasteiger charge is 2.21. The van der Waals surface area contributed by atoms with Crippen LogP contribution in [0.25, 0.3) is 22.0 Å². The van der Waals surface area contributed by atoms with Gasteiger partial charge >= 0.3 is 0 Å². The summed E-state index contributed by atoms with van der Waals surface area (Å²) < 4.78 is 1.28. The minimum Gasteiger partial charge on any atom is -0.341 e. The summed E-state index contributed by atoms with van der Waals surface area (Å²) in [6.07, 6.45) is 2.04. The molecule has 0 radical (unpaired) electrons. The second kappa shape index (κ2) is 7.35. The van der Waals surface area contributed by atoms with Crippen LogP contribution in [0.15, 0.2) is 59.4 Å². The molecule has 27 heavy (non-hydrogen) atoms. The van der Waals surface area contributed by atoms with Gasteiger partial charge in [-0.05, 0) is 41.7 Å². The van der Waals surface area contributed by atoms with E-state index >= 15 is 0 Å². The van der Waals surface area contributed by atoms with Gasteiger partial charge in [-0.25, -0.2) is 4.68 Å². The molecule has 1 aromatic heterocycles. The maximum atomic E-state index is 12.6. The van der Waals surface area contributed by atoms with Crippen LogP contribution in [-0.4, -0.2) is 33.7 Å². The molecule has 0 saturated carbocycles. The number of likely N-dealkylation sites (tertiary alicyclic amines) is 1. The summed E-state index contributed by atoms with van der Waals surface area (Å²) >= 11 is 0. The Labute approximate surface area is 158 Å². The van der Waals surface area contributed by atoms with Gasteiger partial charge in [-0.2, -0.15) is 5.10 Å². The van der Waals surface area contributed by atoms with Gasteiger partial charge in [0, 0.05) is 24.7 Å². The number of piperidine rings is 1. The van der Waals surface area contributed by atoms with Crippen LogP contribution < -0.4 is 5.56 Å². The Morgan fingerprint density at radius 2 is 1.78 bits per heavy atom. The Hall–Kier alpha value is -2.95. The fraction of sp³-hybridized carbons (Fsp3) is 0.318. The molecule has 1 aliphatic heterocycles. The van der Waals surface area contributed by atoms with Crippen LogP contribution >= 0.6 is 0 Å². The number of hydrogen-bond donors (Lipinski definition) is 0. The van der Waals surface area contributed by atoms with E-state index in [0.29, 0.717) is 11.6 Å². The van der Waals surface area contributed by atoms with E-state index < -0.39 is 0 Å². The maximum Gasteiger partial charge on any atom is 0.267 e. The molecular weight excluding hydrogens is 338 g/mol. The van der Waals surface area contributed by atoms with E-state index in [1.165, 1.54) is 10.7 Å². The minimum atomic E-state index is -0.252. The summed E-state index contributed by atoms with van der Waals surface area (Å²) in [5, 5.41) is 6.73. The van der Waals surface area contributed by atoms with Crippen LogP contribution in [0.5, 0.6) is 0 Å². The molecular formula is C22H23N3O2. The SMILES string of the molecule is CC1CCN(C(=O)Cn2nc(-c3ccc4ccccc4c3)ccc2=O)CC1. The van der Waals surface area contributed by atoms with Crippen LogP contribution in [0.1, 0.15) is 19.8 Å². The molecule has 0 N–H and O–H groups in total. The number of nitrogens with zero attached hydrogens (tertiary/aromatic N) is 3. The number of fused-ring (bicyclic) bond motifs is 1. The zero-order valence-corrected chi connectivity index (χ0v) is 15.5. The normalized spacial score (nSPS) is 15.2. The van der Waals surface area contributed by atoms with E-state index in [4.69, 9.17) is 0 Å². The number of carbonyl (C=O) groups is 1. The van der Waals surface area contributed by atoms with Gasteiger partial charge in [-0.15, -0.1) is 0 Å². The highest BCUT2D eigenvalue weighted by molar-refractivity contribution is 5.86. The standard InChI is InChI=1S/C22H23N3O2/c1-16-10-12-24(13-11-16)22(27)15-25-21(26)9-8-20(23-25)19-7-6-17-4-2-3-5-18(17)14-19/h2-9,14,16H,10-13,15H2,1H3. The van der Waals surface area contributed by atoms with E-state index in [0.717, 1.165) is 42.3 Å². The van der Waals surface area contributed by atoms with Crippen molar-refractivity contribution in [3.63, 3.8) is 0 Å². The summed E-state index contributed by atoms with van der Waals surface area (Å²) in [5.74, 6) is 0.623. The number of rotatable bonds is 3. The van der Waals surface area contributed by atoms with E-state index in [2.05, 4.69) is 30.2 Å². The second-order valence-electron chi connectivity index (χ2n) is 7.34. The smallest absolute Gasteiger partial charge is 0.267 e. The lowest BCUT2D eigenvalue weighted by atomic mass is 9.99. The Kier molecular flexibility index (Phi) is 4.75. The number of carbonyl (C=O) groups excluding carboxylic acids is 1. The van der Waals surface area contributed by atoms with E-state index in [1.807, 2.05) is 29.2 Å². The topological polar surface area (TPSA) is 55.2 Å². The summed E-state index contributed by atoms with van der Waals surface area (Å²) in [6.45, 7) is 3.73. The Morgan fingerprint density at radius 1 is 1.04 bits per heavy atom. The fourth-order valence-corrected chi connectivity index (χ4v) is 3.55. The predicted octanol–water partition coefficient (Wildman–Crippen LogP) is 3.32. The molecule has 0 spiro atoms. The van der Waals surface area contributed by atoms with Crippen molar-refractivity contribution in [1.29, 1.82) is 0 Å². The van der Waals surface area contributed by atoms with E-state index in [1.54, 1.807) is 6.07 Å². The molecule has 2 heterocycles. The molecule has 1 saturated heterocycles. The molecule has 0 unspecified atom stereocenters. The first kappa shape index (κ1) is 17.5. The highest BCUT2D eigenvalue weighted by atomic mass is 16.2. The van der Waals surface area contributed by atoms with Crippen LogP contribution in [0, 0.1) is 5.92 Å². The van der Waals surface area contributed by atoms with Gasteiger partial charge in [0.1, 0.15) is 6.54 Å². The van der Waals surface area contributed by atoms with Crippen molar-refractivity contribution in [1.82, 2.24) is 14.7 Å². The molecule has 1 fully saturated rings. The van der Waals surface area contributed by atoms with Gasteiger partial charge < -0.3 is 4.90 Å². The van der Waals surface area contributed by atoms with Gasteiger partial charge in [0.05, 0.1) is 5.69 Å². The quantitative estimate of drug-likeness (QED) is 0.719. The van der Waals surface area contributed by atoms with Crippen molar-refractivity contribution in [3.05, 3.63) is 65.0 Å². The number of aromatic nitrogens is 2. The van der Waals surface area contributed by atoms with E-state index in [9.17, 15) is 9.59 Å². The third-order valence-corrected chi connectivity index (χ3v) is 5.33. The molecule has 5 heteroatoms. The van der Waals surface area contributed by atoms with Crippen molar-refractivity contribution in [3.8, 4) is 11.3 Å². The van der Waals surface area contributed by atoms with Crippen molar-refractivity contribution in [2.75, 3.05) is 13.1 Å². The van der Waals surface area contributed by atoms with Gasteiger partial charge in [-0.3, -0.25) is 9.59 Å². The number of benzene rings is 2. The lowest BCUT2D eigenvalue weighted by Gasteiger charge is -2.30. The molecule has 0 aliphatic carbocycles. The minimum absolute atomic E-state index is 0.00532. The molecule has 4 rings (SSSR count). The summed E-state index contributed by atoms with van der Waals surface area (Å²) in [7, 11) is 0. The second-order valence-corrected chi connectivity index (χ2v) is 7.34. The number of amides is 1. The molecule has 1 aliphatic rings. The Bertz CT molecular complexity index is 1030. The first-order valence-corrected chi connectivity index (χ1v) is 9.45. The zero-order valence-electron chi connectivity index (χ0n) is 15.5. The molecule has 0 bridgehead atoms. The first-order valence-electron chi connectivity index (χ1n) is 9.45. The van der Waals surface area contributed by atoms with Crippen molar-refractivity contribution < 1.29 is 4.79 Å². The highest BCUT2D eigenvalue weighted by Crippen LogP contribution is 2.22. The largest absolute Gasteiger partial charge is 0.341 e. The molecule has 5 nitrogen and oxygen atoms in total. The Morgan fingerprint density at radius 3 is 2.56 bits per heavy atom. The zero-order chi connectivity index (χ0) is 18.8. The monoisotopic (exact) mass is 361 g/mol. The molecule has 138 valence electrons. The van der Waals surface area contributed by atoms with Crippen molar-refractivity contribution in [2.45, 2.75) is 26.3 Å². The van der Waals surface area contributed by atoms with Crippen LogP contribution in [-0.2, 0) is 11.3 Å². The average molecular weight is 361 g/mol. The van der Waals surface area contributed by atoms with Gasteiger partial charge in [0.2, 0.25) is 5.91 Å². The molecule has 3 aromatic rings. The average Bonchev–Trinajstić information content (AvgIpc) is 2.69. The third-order valence-electron chi connectivity index (χ3n) is 5.33. The lowest BCUT2D eigenvalue weighted by Crippen LogP contribution is -2.41. The predicted molar refractivity (Wildman–Crippen MR) is 106 cm³/mol. The molecule has 0 atom stereocenters. The lowest BCUT2D eigenvalue weighted by molar-refractivity contribution is -0.133. The van der Waals surface area contributed by atoms with Crippen LogP contribution in [0.4, 0.5) is 0 Å². The summed E-state index contributed by atoms with van der Waals surface area (Å²) in [6, 6.07) is 17.4. The third kappa shape index (κ3) is 3.77. The fourth-order valence-electron chi connectivity index (χ4n) is 3.55. The first-order chi connectivity index (χ1) is 13.1. The van der Waals surface area contributed by atoms with E-state index in [-0.39, 0.29) is 18.0 Å². The van der Waals surface area contributed by atoms with Crippen molar-refractivity contribution >= 4 is 16.7 Å². The summed E-state index contributed by atoms with van der Waals surface area (Å²) in [4.78, 5) is 26.6.